The Kier molecular flexibility index (Phi) is 9.19. The van der Waals surface area contributed by atoms with Gasteiger partial charge in [-0.2, -0.15) is 5.26 Å². The van der Waals surface area contributed by atoms with Crippen LogP contribution in [0, 0.1) is 11.5 Å². The van der Waals surface area contributed by atoms with Crippen molar-refractivity contribution in [1.82, 2.24) is 15.6 Å². The molecule has 0 radical (unpaired) electrons. The number of pyridine rings is 1. The van der Waals surface area contributed by atoms with Crippen LogP contribution in [0.4, 0.5) is 11.4 Å². The largest absolute Gasteiger partial charge is 0.457 e. The molecule has 0 aliphatic carbocycles. The fourth-order valence-corrected chi connectivity index (χ4v) is 3.57. The van der Waals surface area contributed by atoms with Gasteiger partial charge in [0, 0.05) is 36.3 Å². The minimum absolute atomic E-state index is 0.304. The maximum atomic E-state index is 10.2. The van der Waals surface area contributed by atoms with Crippen LogP contribution < -0.4 is 20.7 Å². The van der Waals surface area contributed by atoms with Crippen molar-refractivity contribution >= 4 is 17.3 Å². The third-order valence-corrected chi connectivity index (χ3v) is 5.42. The van der Waals surface area contributed by atoms with Gasteiger partial charge in [0.25, 0.3) is 0 Å². The Balaban J connectivity index is 1.31. The minimum Gasteiger partial charge on any atom is -0.457 e. The molecule has 4 aromatic rings. The molecule has 8 heteroatoms. The molecule has 0 spiro atoms. The van der Waals surface area contributed by atoms with E-state index in [-0.39, 0.29) is 0 Å². The lowest BCUT2D eigenvalue weighted by molar-refractivity contribution is 0.174. The number of aliphatic imine (C=N–C) groups is 1. The smallest absolute Gasteiger partial charge is 0.214 e. The molecule has 8 nitrogen and oxygen atoms in total. The van der Waals surface area contributed by atoms with E-state index in [1.54, 1.807) is 12.4 Å². The SMILES string of the molecule is N#CNC(=Nc1ccc(CCNC[C@H](O)c2cccnc2)cc1)Nc1cccc(Oc2ccccc2)c1. The summed E-state index contributed by atoms with van der Waals surface area (Å²) in [6, 6.07) is 28.4. The van der Waals surface area contributed by atoms with E-state index < -0.39 is 6.10 Å². The molecule has 0 amide bonds. The lowest BCUT2D eigenvalue weighted by Crippen LogP contribution is -2.26. The number of ether oxygens (including phenoxy) is 1. The van der Waals surface area contributed by atoms with Crippen molar-refractivity contribution in [2.24, 2.45) is 4.99 Å². The molecule has 0 aliphatic rings. The van der Waals surface area contributed by atoms with Crippen molar-refractivity contribution in [2.45, 2.75) is 12.5 Å². The number of nitrogens with zero attached hydrogens (tertiary/aromatic N) is 3. The molecule has 186 valence electrons. The fourth-order valence-electron chi connectivity index (χ4n) is 3.57. The highest BCUT2D eigenvalue weighted by Gasteiger charge is 2.07. The van der Waals surface area contributed by atoms with Gasteiger partial charge in [-0.3, -0.25) is 10.3 Å². The maximum absolute atomic E-state index is 10.2. The Labute approximate surface area is 216 Å². The first-order valence-electron chi connectivity index (χ1n) is 11.9. The molecule has 0 saturated heterocycles. The third-order valence-electron chi connectivity index (χ3n) is 5.42. The number of aromatic nitrogens is 1. The van der Waals surface area contributed by atoms with Crippen molar-refractivity contribution in [2.75, 3.05) is 18.4 Å². The highest BCUT2D eigenvalue weighted by atomic mass is 16.5. The first-order chi connectivity index (χ1) is 18.2. The Hall–Kier alpha value is -4.71. The van der Waals surface area contributed by atoms with Crippen molar-refractivity contribution in [3.8, 4) is 17.7 Å². The quantitative estimate of drug-likeness (QED) is 0.0817. The molecular weight excluding hydrogens is 464 g/mol. The summed E-state index contributed by atoms with van der Waals surface area (Å²) >= 11 is 0. The molecule has 1 atom stereocenters. The average molecular weight is 493 g/mol. The summed E-state index contributed by atoms with van der Waals surface area (Å²) in [7, 11) is 0. The lowest BCUT2D eigenvalue weighted by atomic mass is 10.1. The van der Waals surface area contributed by atoms with E-state index in [2.05, 4.69) is 25.9 Å². The zero-order chi connectivity index (χ0) is 25.7. The number of anilines is 1. The summed E-state index contributed by atoms with van der Waals surface area (Å²) in [5.74, 6) is 1.71. The number of aliphatic hydroxyl groups excluding tert-OH is 1. The highest BCUT2D eigenvalue weighted by molar-refractivity contribution is 5.96. The Morgan fingerprint density at radius 1 is 0.973 bits per heavy atom. The molecule has 37 heavy (non-hydrogen) atoms. The summed E-state index contributed by atoms with van der Waals surface area (Å²) in [5.41, 5.74) is 3.36. The standard InChI is InChI=1S/C29H28N6O2/c30-21-33-29(35-25-7-4-10-27(18-25)37-26-8-2-1-3-9-26)34-24-13-11-22(12-14-24)15-17-32-20-28(36)23-6-5-16-31-19-23/h1-14,16,18-19,28,32,36H,15,17,20H2,(H2,33,34,35)/t28-/m0/s1. The van der Waals surface area contributed by atoms with Gasteiger partial charge in [0.1, 0.15) is 11.5 Å². The molecule has 0 saturated carbocycles. The number of benzene rings is 3. The van der Waals surface area contributed by atoms with E-state index in [0.717, 1.165) is 35.5 Å². The molecule has 0 fully saturated rings. The van der Waals surface area contributed by atoms with Gasteiger partial charge in [-0.1, -0.05) is 42.5 Å². The number of rotatable bonds is 10. The van der Waals surface area contributed by atoms with Crippen LogP contribution in [-0.4, -0.2) is 29.1 Å². The molecule has 3 aromatic carbocycles. The van der Waals surface area contributed by atoms with Crippen LogP contribution in [0.2, 0.25) is 0 Å². The van der Waals surface area contributed by atoms with Gasteiger partial charge in [-0.25, -0.2) is 4.99 Å². The van der Waals surface area contributed by atoms with Gasteiger partial charge in [0.15, 0.2) is 6.19 Å². The van der Waals surface area contributed by atoms with Gasteiger partial charge in [0.05, 0.1) is 11.8 Å². The van der Waals surface area contributed by atoms with Crippen LogP contribution in [0.1, 0.15) is 17.2 Å². The molecule has 0 bridgehead atoms. The van der Waals surface area contributed by atoms with Crippen LogP contribution >= 0.6 is 0 Å². The maximum Gasteiger partial charge on any atom is 0.214 e. The van der Waals surface area contributed by atoms with Crippen LogP contribution in [-0.2, 0) is 6.42 Å². The third kappa shape index (κ3) is 8.18. The number of guanidine groups is 1. The van der Waals surface area contributed by atoms with Crippen LogP contribution in [0.5, 0.6) is 11.5 Å². The number of nitrogens with one attached hydrogen (secondary N) is 3. The number of hydrogen-bond acceptors (Lipinski definition) is 6. The Bertz CT molecular complexity index is 1320. The Morgan fingerprint density at radius 2 is 1.78 bits per heavy atom. The van der Waals surface area contributed by atoms with E-state index in [1.165, 1.54) is 0 Å². The second-order valence-electron chi connectivity index (χ2n) is 8.19. The van der Waals surface area contributed by atoms with Crippen molar-refractivity contribution < 1.29 is 9.84 Å². The predicted octanol–water partition coefficient (Wildman–Crippen LogP) is 4.91. The number of nitriles is 1. The summed E-state index contributed by atoms with van der Waals surface area (Å²) < 4.78 is 5.88. The van der Waals surface area contributed by atoms with Gasteiger partial charge in [0.2, 0.25) is 5.96 Å². The Morgan fingerprint density at radius 3 is 2.54 bits per heavy atom. The summed E-state index contributed by atoms with van der Waals surface area (Å²) in [4.78, 5) is 8.56. The molecule has 0 aliphatic heterocycles. The molecule has 0 unspecified atom stereocenters. The first-order valence-corrected chi connectivity index (χ1v) is 11.9. The zero-order valence-corrected chi connectivity index (χ0v) is 20.2. The van der Waals surface area contributed by atoms with E-state index in [4.69, 9.17) is 4.74 Å². The monoisotopic (exact) mass is 492 g/mol. The van der Waals surface area contributed by atoms with E-state index in [9.17, 15) is 10.4 Å². The van der Waals surface area contributed by atoms with Crippen LogP contribution in [0.3, 0.4) is 0 Å². The summed E-state index contributed by atoms with van der Waals surface area (Å²) in [6.45, 7) is 1.19. The van der Waals surface area contributed by atoms with E-state index >= 15 is 0 Å². The minimum atomic E-state index is -0.588. The molecular formula is C29H28N6O2. The van der Waals surface area contributed by atoms with Gasteiger partial charge in [-0.05, 0) is 61.0 Å². The summed E-state index contributed by atoms with van der Waals surface area (Å²) in [6.07, 6.45) is 5.50. The molecule has 1 aromatic heterocycles. The topological polar surface area (TPSA) is 115 Å². The van der Waals surface area contributed by atoms with Gasteiger partial charge in [-0.15, -0.1) is 0 Å². The fraction of sp³-hybridized carbons (Fsp3) is 0.138. The van der Waals surface area contributed by atoms with E-state index in [1.807, 2.05) is 97.2 Å². The second-order valence-corrected chi connectivity index (χ2v) is 8.19. The number of para-hydroxylation sites is 1. The van der Waals surface area contributed by atoms with Crippen molar-refractivity contribution in [3.05, 3.63) is 115 Å². The molecule has 1 heterocycles. The number of aliphatic hydroxyl groups is 1. The summed E-state index contributed by atoms with van der Waals surface area (Å²) in [5, 5.41) is 28.4. The average Bonchev–Trinajstić information content (AvgIpc) is 2.93. The van der Waals surface area contributed by atoms with Crippen molar-refractivity contribution in [3.63, 3.8) is 0 Å². The zero-order valence-electron chi connectivity index (χ0n) is 20.2. The number of hydrogen-bond donors (Lipinski definition) is 4. The van der Waals surface area contributed by atoms with Gasteiger partial charge >= 0.3 is 0 Å². The van der Waals surface area contributed by atoms with Crippen LogP contribution in [0.15, 0.2) is 108 Å². The first kappa shape index (κ1) is 25.4. The normalized spacial score (nSPS) is 11.8. The van der Waals surface area contributed by atoms with E-state index in [0.29, 0.717) is 23.9 Å². The molecule has 4 rings (SSSR count). The second kappa shape index (κ2) is 13.4. The van der Waals surface area contributed by atoms with Crippen molar-refractivity contribution in [1.29, 1.82) is 5.26 Å². The highest BCUT2D eigenvalue weighted by Crippen LogP contribution is 2.24. The molecule has 4 N–H and O–H groups in total. The predicted molar refractivity (Wildman–Crippen MR) is 145 cm³/mol. The van der Waals surface area contributed by atoms with Crippen LogP contribution in [0.25, 0.3) is 0 Å². The van der Waals surface area contributed by atoms with Gasteiger partial charge < -0.3 is 20.5 Å². The lowest BCUT2D eigenvalue weighted by Gasteiger charge is -2.12.